The van der Waals surface area contributed by atoms with Crippen LogP contribution in [0.5, 0.6) is 5.75 Å². The van der Waals surface area contributed by atoms with Crippen molar-refractivity contribution in [2.75, 3.05) is 19.7 Å². The van der Waals surface area contributed by atoms with Crippen LogP contribution >= 0.6 is 11.7 Å². The highest BCUT2D eigenvalue weighted by Gasteiger charge is 2.35. The van der Waals surface area contributed by atoms with E-state index < -0.39 is 5.60 Å². The van der Waals surface area contributed by atoms with Gasteiger partial charge in [-0.3, -0.25) is 4.79 Å². The Balaban J connectivity index is 1.34. The summed E-state index contributed by atoms with van der Waals surface area (Å²) in [5.41, 5.74) is 2.78. The van der Waals surface area contributed by atoms with Gasteiger partial charge < -0.3 is 14.7 Å². The fourth-order valence-corrected chi connectivity index (χ4v) is 3.95. The quantitative estimate of drug-likeness (QED) is 0.750. The summed E-state index contributed by atoms with van der Waals surface area (Å²) in [4.78, 5) is 14.2. The molecule has 1 N–H and O–H groups in total. The molecule has 1 aliphatic rings. The molecule has 0 aliphatic carbocycles. The number of amides is 1. The summed E-state index contributed by atoms with van der Waals surface area (Å²) in [6.45, 7) is 3.02. The number of hydrogen-bond donors (Lipinski definition) is 1. The molecule has 0 atom stereocenters. The van der Waals surface area contributed by atoms with Gasteiger partial charge in [0, 0.05) is 19.2 Å². The van der Waals surface area contributed by atoms with Crippen molar-refractivity contribution in [3.8, 4) is 5.75 Å². The van der Waals surface area contributed by atoms with Crippen molar-refractivity contribution < 1.29 is 14.6 Å². The van der Waals surface area contributed by atoms with Gasteiger partial charge in [-0.05, 0) is 37.5 Å². The molecule has 0 bridgehead atoms. The first-order valence-electron chi connectivity index (χ1n) is 8.96. The van der Waals surface area contributed by atoms with Crippen molar-refractivity contribution in [1.29, 1.82) is 0 Å². The maximum absolute atomic E-state index is 12.5. The summed E-state index contributed by atoms with van der Waals surface area (Å²) in [5.74, 6) is 0.537. The molecule has 7 heteroatoms. The third-order valence-electron chi connectivity index (χ3n) is 5.09. The highest BCUT2D eigenvalue weighted by atomic mass is 32.1. The van der Waals surface area contributed by atoms with Gasteiger partial charge in [0.2, 0.25) is 0 Å². The lowest BCUT2D eigenvalue weighted by atomic mass is 9.84. The number of fused-ring (bicyclic) bond motifs is 1. The number of aromatic nitrogens is 2. The lowest BCUT2D eigenvalue weighted by Crippen LogP contribution is -2.46. The largest absolute Gasteiger partial charge is 0.484 e. The van der Waals surface area contributed by atoms with Crippen LogP contribution in [-0.4, -0.2) is 44.4 Å². The molecule has 4 rings (SSSR count). The SMILES string of the molecule is Cc1cccc(C2(O)CCN(C(=O)COc3ccc4nsnc4c3)CC2)c1. The molecule has 1 aromatic heterocycles. The first kappa shape index (κ1) is 17.9. The van der Waals surface area contributed by atoms with Gasteiger partial charge in [-0.15, -0.1) is 0 Å². The molecular formula is C20H21N3O3S. The minimum atomic E-state index is -0.869. The van der Waals surface area contributed by atoms with E-state index in [1.54, 1.807) is 17.0 Å². The van der Waals surface area contributed by atoms with Crippen LogP contribution in [0.25, 0.3) is 11.0 Å². The van der Waals surface area contributed by atoms with E-state index in [1.807, 2.05) is 37.3 Å². The maximum atomic E-state index is 12.5. The minimum absolute atomic E-state index is 0.0219. The van der Waals surface area contributed by atoms with Crippen LogP contribution in [0.1, 0.15) is 24.0 Å². The molecule has 27 heavy (non-hydrogen) atoms. The van der Waals surface area contributed by atoms with Gasteiger partial charge in [-0.2, -0.15) is 8.75 Å². The van der Waals surface area contributed by atoms with Crippen molar-refractivity contribution in [2.45, 2.75) is 25.4 Å². The first-order valence-corrected chi connectivity index (χ1v) is 9.69. The zero-order valence-corrected chi connectivity index (χ0v) is 15.9. The lowest BCUT2D eigenvalue weighted by Gasteiger charge is -2.38. The third-order valence-corrected chi connectivity index (χ3v) is 5.64. The predicted molar refractivity (Wildman–Crippen MR) is 104 cm³/mol. The van der Waals surface area contributed by atoms with Crippen molar-refractivity contribution in [1.82, 2.24) is 13.6 Å². The Hall–Kier alpha value is -2.51. The summed E-state index contributed by atoms with van der Waals surface area (Å²) < 4.78 is 14.0. The molecule has 1 amide bonds. The van der Waals surface area contributed by atoms with E-state index >= 15 is 0 Å². The second-order valence-corrected chi connectivity index (χ2v) is 7.51. The fourth-order valence-electron chi connectivity index (χ4n) is 3.44. The van der Waals surface area contributed by atoms with Crippen molar-refractivity contribution >= 4 is 28.7 Å². The van der Waals surface area contributed by atoms with E-state index in [2.05, 4.69) is 8.75 Å². The molecule has 140 valence electrons. The van der Waals surface area contributed by atoms with Crippen LogP contribution in [0.15, 0.2) is 42.5 Å². The average Bonchev–Trinajstić information content (AvgIpc) is 3.14. The van der Waals surface area contributed by atoms with Crippen LogP contribution in [0.3, 0.4) is 0 Å². The van der Waals surface area contributed by atoms with Gasteiger partial charge in [0.15, 0.2) is 6.61 Å². The summed E-state index contributed by atoms with van der Waals surface area (Å²) in [6, 6.07) is 13.4. The highest BCUT2D eigenvalue weighted by Crippen LogP contribution is 2.33. The number of carbonyl (C=O) groups is 1. The number of aliphatic hydroxyl groups is 1. The molecule has 0 unspecified atom stereocenters. The Labute approximate surface area is 161 Å². The summed E-state index contributed by atoms with van der Waals surface area (Å²) >= 11 is 1.15. The normalized spacial score (nSPS) is 16.4. The summed E-state index contributed by atoms with van der Waals surface area (Å²) in [5, 5.41) is 11.0. The molecule has 0 saturated carbocycles. The van der Waals surface area contributed by atoms with Crippen LogP contribution in [0, 0.1) is 6.92 Å². The van der Waals surface area contributed by atoms with E-state index in [-0.39, 0.29) is 12.5 Å². The minimum Gasteiger partial charge on any atom is -0.484 e. The molecule has 1 aliphatic heterocycles. The molecule has 3 aromatic rings. The third kappa shape index (κ3) is 3.79. The summed E-state index contributed by atoms with van der Waals surface area (Å²) in [6.07, 6.45) is 1.05. The van der Waals surface area contributed by atoms with Gasteiger partial charge in [-0.1, -0.05) is 29.8 Å². The zero-order valence-electron chi connectivity index (χ0n) is 15.1. The van der Waals surface area contributed by atoms with Gasteiger partial charge in [0.1, 0.15) is 16.8 Å². The van der Waals surface area contributed by atoms with Crippen molar-refractivity contribution in [3.05, 3.63) is 53.6 Å². The number of nitrogens with zero attached hydrogens (tertiary/aromatic N) is 3. The fraction of sp³-hybridized carbons (Fsp3) is 0.350. The standard InChI is InChI=1S/C20H21N3O3S/c1-14-3-2-4-15(11-14)20(25)7-9-23(10-8-20)19(24)13-26-16-5-6-17-18(12-16)22-27-21-17/h2-6,11-12,25H,7-10,13H2,1H3. The van der Waals surface area contributed by atoms with Crippen molar-refractivity contribution in [3.63, 3.8) is 0 Å². The van der Waals surface area contributed by atoms with Crippen LogP contribution in [0.4, 0.5) is 0 Å². The van der Waals surface area contributed by atoms with Gasteiger partial charge in [0.05, 0.1) is 17.3 Å². The van der Waals surface area contributed by atoms with Gasteiger partial charge in [0.25, 0.3) is 5.91 Å². The number of rotatable bonds is 4. The number of likely N-dealkylation sites (tertiary alicyclic amines) is 1. The summed E-state index contributed by atoms with van der Waals surface area (Å²) in [7, 11) is 0. The Morgan fingerprint density at radius 3 is 2.74 bits per heavy atom. The number of benzene rings is 2. The molecule has 1 saturated heterocycles. The molecule has 0 radical (unpaired) electrons. The number of aryl methyl sites for hydroxylation is 1. The molecule has 2 aromatic carbocycles. The maximum Gasteiger partial charge on any atom is 0.260 e. The Kier molecular flexibility index (Phi) is 4.80. The smallest absolute Gasteiger partial charge is 0.260 e. The van der Waals surface area contributed by atoms with E-state index in [4.69, 9.17) is 4.74 Å². The van der Waals surface area contributed by atoms with E-state index in [0.29, 0.717) is 31.7 Å². The van der Waals surface area contributed by atoms with Gasteiger partial charge in [-0.25, -0.2) is 0 Å². The molecular weight excluding hydrogens is 362 g/mol. The van der Waals surface area contributed by atoms with Crippen LogP contribution in [-0.2, 0) is 10.4 Å². The average molecular weight is 383 g/mol. The molecule has 1 fully saturated rings. The van der Waals surface area contributed by atoms with E-state index in [1.165, 1.54) is 0 Å². The predicted octanol–water partition coefficient (Wildman–Crippen LogP) is 2.89. The van der Waals surface area contributed by atoms with Crippen LogP contribution < -0.4 is 4.74 Å². The lowest BCUT2D eigenvalue weighted by molar-refractivity contribution is -0.137. The number of carbonyl (C=O) groups excluding carboxylic acids is 1. The molecule has 2 heterocycles. The second kappa shape index (κ2) is 7.25. The Morgan fingerprint density at radius 2 is 1.96 bits per heavy atom. The van der Waals surface area contributed by atoms with E-state index in [9.17, 15) is 9.90 Å². The second-order valence-electron chi connectivity index (χ2n) is 6.99. The number of ether oxygens (including phenoxy) is 1. The molecule has 6 nitrogen and oxygen atoms in total. The first-order chi connectivity index (χ1) is 13.0. The zero-order chi connectivity index (χ0) is 18.9. The van der Waals surface area contributed by atoms with Crippen LogP contribution in [0.2, 0.25) is 0 Å². The van der Waals surface area contributed by atoms with E-state index in [0.717, 1.165) is 33.9 Å². The Bertz CT molecular complexity index is 964. The number of hydrogen-bond acceptors (Lipinski definition) is 6. The van der Waals surface area contributed by atoms with Crippen molar-refractivity contribution in [2.24, 2.45) is 0 Å². The van der Waals surface area contributed by atoms with Gasteiger partial charge >= 0.3 is 0 Å². The monoisotopic (exact) mass is 383 g/mol. The topological polar surface area (TPSA) is 75.5 Å². The highest BCUT2D eigenvalue weighted by molar-refractivity contribution is 7.00. The Morgan fingerprint density at radius 1 is 1.19 bits per heavy atom. The number of piperidine rings is 1. The molecule has 0 spiro atoms.